The van der Waals surface area contributed by atoms with Crippen molar-refractivity contribution >= 4 is 41.5 Å². The van der Waals surface area contributed by atoms with E-state index in [9.17, 15) is 4.79 Å². The fourth-order valence-electron chi connectivity index (χ4n) is 3.11. The molecule has 144 valence electrons. The molecule has 0 atom stereocenters. The van der Waals surface area contributed by atoms with Crippen LogP contribution in [-0.2, 0) is 17.9 Å². The third kappa shape index (κ3) is 5.69. The molecule has 1 heterocycles. The second-order valence-electron chi connectivity index (χ2n) is 6.52. The Bertz CT molecular complexity index is 789. The minimum Gasteiger partial charge on any atom is -0.352 e. The standard InChI is InChI=1S/C21H26N4O.HI/c1-16-6-3-4-7-18(16)15-24-21(22-2)23-14-17-9-11-19(12-10-17)25-13-5-8-20(25)26;/h3-4,6-7,9-12H,5,8,13-15H2,1-2H3,(H2,22,23,24);1H. The number of carbonyl (C=O) groups excluding carboxylic acids is 1. The van der Waals surface area contributed by atoms with Crippen LogP contribution in [-0.4, -0.2) is 25.5 Å². The van der Waals surface area contributed by atoms with E-state index in [2.05, 4.69) is 46.8 Å². The molecule has 5 nitrogen and oxygen atoms in total. The predicted octanol–water partition coefficient (Wildman–Crippen LogP) is 3.61. The summed E-state index contributed by atoms with van der Waals surface area (Å²) in [6.07, 6.45) is 1.61. The summed E-state index contributed by atoms with van der Waals surface area (Å²) >= 11 is 0. The molecule has 2 aromatic carbocycles. The molecule has 27 heavy (non-hydrogen) atoms. The zero-order valence-corrected chi connectivity index (χ0v) is 18.2. The molecule has 2 N–H and O–H groups in total. The van der Waals surface area contributed by atoms with Crippen molar-refractivity contribution in [3.05, 3.63) is 65.2 Å². The topological polar surface area (TPSA) is 56.7 Å². The largest absolute Gasteiger partial charge is 0.352 e. The molecule has 1 fully saturated rings. The maximum Gasteiger partial charge on any atom is 0.227 e. The van der Waals surface area contributed by atoms with Crippen LogP contribution in [0.25, 0.3) is 0 Å². The second kappa shape index (κ2) is 10.3. The Morgan fingerprint density at radius 3 is 2.41 bits per heavy atom. The van der Waals surface area contributed by atoms with Crippen LogP contribution in [0.15, 0.2) is 53.5 Å². The van der Waals surface area contributed by atoms with Crippen molar-refractivity contribution < 1.29 is 4.79 Å². The third-order valence-electron chi connectivity index (χ3n) is 4.71. The minimum absolute atomic E-state index is 0. The monoisotopic (exact) mass is 478 g/mol. The van der Waals surface area contributed by atoms with Crippen molar-refractivity contribution in [1.29, 1.82) is 0 Å². The number of aryl methyl sites for hydroxylation is 1. The van der Waals surface area contributed by atoms with Gasteiger partial charge in [-0.15, -0.1) is 24.0 Å². The number of hydrogen-bond donors (Lipinski definition) is 2. The van der Waals surface area contributed by atoms with Crippen molar-refractivity contribution in [3.63, 3.8) is 0 Å². The van der Waals surface area contributed by atoms with Crippen molar-refractivity contribution in [2.45, 2.75) is 32.9 Å². The molecule has 0 bridgehead atoms. The molecule has 0 radical (unpaired) electrons. The summed E-state index contributed by atoms with van der Waals surface area (Å²) in [5.74, 6) is 0.990. The highest BCUT2D eigenvalue weighted by molar-refractivity contribution is 14.0. The Morgan fingerprint density at radius 2 is 1.78 bits per heavy atom. The number of benzene rings is 2. The van der Waals surface area contributed by atoms with Gasteiger partial charge in [-0.2, -0.15) is 0 Å². The lowest BCUT2D eigenvalue weighted by molar-refractivity contribution is -0.117. The van der Waals surface area contributed by atoms with E-state index in [1.807, 2.05) is 29.2 Å². The molecule has 1 aliphatic heterocycles. The Balaban J connectivity index is 0.00000261. The smallest absolute Gasteiger partial charge is 0.227 e. The summed E-state index contributed by atoms with van der Waals surface area (Å²) in [6.45, 7) is 4.36. The molecule has 0 spiro atoms. The number of amides is 1. The van der Waals surface area contributed by atoms with Gasteiger partial charge in [0.1, 0.15) is 0 Å². The molecule has 6 heteroatoms. The first-order valence-corrected chi connectivity index (χ1v) is 9.05. The van der Waals surface area contributed by atoms with E-state index in [0.29, 0.717) is 13.0 Å². The van der Waals surface area contributed by atoms with Gasteiger partial charge in [0, 0.05) is 38.8 Å². The van der Waals surface area contributed by atoms with Crippen molar-refractivity contribution in [1.82, 2.24) is 10.6 Å². The first-order valence-electron chi connectivity index (χ1n) is 9.05. The van der Waals surface area contributed by atoms with Crippen LogP contribution in [0.1, 0.15) is 29.5 Å². The summed E-state index contributed by atoms with van der Waals surface area (Å²) < 4.78 is 0. The van der Waals surface area contributed by atoms with E-state index in [1.165, 1.54) is 11.1 Å². The van der Waals surface area contributed by atoms with Gasteiger partial charge in [-0.05, 0) is 42.2 Å². The Kier molecular flexibility index (Phi) is 8.09. The highest BCUT2D eigenvalue weighted by Crippen LogP contribution is 2.21. The number of rotatable bonds is 5. The number of carbonyl (C=O) groups is 1. The van der Waals surface area contributed by atoms with Crippen molar-refractivity contribution in [2.75, 3.05) is 18.5 Å². The van der Waals surface area contributed by atoms with Gasteiger partial charge in [0.2, 0.25) is 5.91 Å². The van der Waals surface area contributed by atoms with Crippen LogP contribution in [0.5, 0.6) is 0 Å². The average Bonchev–Trinajstić information content (AvgIpc) is 3.09. The van der Waals surface area contributed by atoms with Crippen LogP contribution in [0.3, 0.4) is 0 Å². The lowest BCUT2D eigenvalue weighted by Crippen LogP contribution is -2.36. The van der Waals surface area contributed by atoms with Crippen LogP contribution < -0.4 is 15.5 Å². The van der Waals surface area contributed by atoms with Crippen LogP contribution >= 0.6 is 24.0 Å². The van der Waals surface area contributed by atoms with E-state index in [0.717, 1.165) is 36.7 Å². The zero-order chi connectivity index (χ0) is 18.4. The first-order chi connectivity index (χ1) is 12.7. The fraction of sp³-hybridized carbons (Fsp3) is 0.333. The van der Waals surface area contributed by atoms with Crippen LogP contribution in [0, 0.1) is 6.92 Å². The summed E-state index contributed by atoms with van der Waals surface area (Å²) in [5, 5.41) is 6.68. The first kappa shape index (κ1) is 21.2. The quantitative estimate of drug-likeness (QED) is 0.392. The molecular weight excluding hydrogens is 451 g/mol. The number of anilines is 1. The molecule has 2 aromatic rings. The number of hydrogen-bond acceptors (Lipinski definition) is 2. The van der Waals surface area contributed by atoms with Crippen molar-refractivity contribution in [2.24, 2.45) is 4.99 Å². The molecule has 0 aromatic heterocycles. The highest BCUT2D eigenvalue weighted by atomic mass is 127. The Morgan fingerprint density at radius 1 is 1.07 bits per heavy atom. The SMILES string of the molecule is CN=C(NCc1ccc(N2CCCC2=O)cc1)NCc1ccccc1C.I. The number of aliphatic imine (C=N–C) groups is 1. The summed E-state index contributed by atoms with van der Waals surface area (Å²) in [4.78, 5) is 18.0. The average molecular weight is 478 g/mol. The molecule has 0 saturated carbocycles. The molecular formula is C21H27IN4O. The molecule has 1 aliphatic rings. The van der Waals surface area contributed by atoms with E-state index >= 15 is 0 Å². The molecule has 3 rings (SSSR count). The number of nitrogens with one attached hydrogen (secondary N) is 2. The fourth-order valence-corrected chi connectivity index (χ4v) is 3.11. The minimum atomic E-state index is 0. The van der Waals surface area contributed by atoms with Gasteiger partial charge in [-0.25, -0.2) is 0 Å². The van der Waals surface area contributed by atoms with Crippen LogP contribution in [0.2, 0.25) is 0 Å². The summed E-state index contributed by atoms with van der Waals surface area (Å²) in [6, 6.07) is 16.5. The molecule has 1 amide bonds. The molecule has 1 saturated heterocycles. The molecule has 0 unspecified atom stereocenters. The Hall–Kier alpha value is -2.09. The van der Waals surface area contributed by atoms with Gasteiger partial charge in [-0.3, -0.25) is 9.79 Å². The van der Waals surface area contributed by atoms with Crippen molar-refractivity contribution in [3.8, 4) is 0 Å². The molecule has 0 aliphatic carbocycles. The van der Waals surface area contributed by atoms with E-state index in [4.69, 9.17) is 0 Å². The summed E-state index contributed by atoms with van der Waals surface area (Å²) in [5.41, 5.74) is 4.66. The van der Waals surface area contributed by atoms with Gasteiger partial charge in [0.25, 0.3) is 0 Å². The maximum absolute atomic E-state index is 11.8. The highest BCUT2D eigenvalue weighted by Gasteiger charge is 2.21. The number of nitrogens with zero attached hydrogens (tertiary/aromatic N) is 2. The predicted molar refractivity (Wildman–Crippen MR) is 122 cm³/mol. The van der Waals surface area contributed by atoms with Gasteiger partial charge in [0.15, 0.2) is 5.96 Å². The van der Waals surface area contributed by atoms with E-state index in [-0.39, 0.29) is 29.9 Å². The van der Waals surface area contributed by atoms with Crippen LogP contribution in [0.4, 0.5) is 5.69 Å². The normalized spacial score (nSPS) is 14.1. The summed E-state index contributed by atoms with van der Waals surface area (Å²) in [7, 11) is 1.77. The van der Waals surface area contributed by atoms with Gasteiger partial charge in [-0.1, -0.05) is 36.4 Å². The lowest BCUT2D eigenvalue weighted by atomic mass is 10.1. The van der Waals surface area contributed by atoms with Gasteiger partial charge in [0.05, 0.1) is 0 Å². The third-order valence-corrected chi connectivity index (χ3v) is 4.71. The number of guanidine groups is 1. The second-order valence-corrected chi connectivity index (χ2v) is 6.52. The van der Waals surface area contributed by atoms with Gasteiger partial charge >= 0.3 is 0 Å². The van der Waals surface area contributed by atoms with E-state index < -0.39 is 0 Å². The number of halogens is 1. The lowest BCUT2D eigenvalue weighted by Gasteiger charge is -2.16. The zero-order valence-electron chi connectivity index (χ0n) is 15.9. The van der Waals surface area contributed by atoms with Gasteiger partial charge < -0.3 is 15.5 Å². The Labute approximate surface area is 178 Å². The maximum atomic E-state index is 11.8. The van der Waals surface area contributed by atoms with E-state index in [1.54, 1.807) is 7.05 Å².